The summed E-state index contributed by atoms with van der Waals surface area (Å²) in [5.41, 5.74) is 6.85. The van der Waals surface area contributed by atoms with Gasteiger partial charge in [0.05, 0.1) is 0 Å². The number of pyridine rings is 1. The molecule has 0 fully saturated rings. The second-order valence-electron chi connectivity index (χ2n) is 5.81. The first-order valence-corrected chi connectivity index (χ1v) is 8.60. The highest BCUT2D eigenvalue weighted by molar-refractivity contribution is 5.94. The maximum atomic E-state index is 12.9. The van der Waals surface area contributed by atoms with Crippen LogP contribution >= 0.6 is 0 Å². The summed E-state index contributed by atoms with van der Waals surface area (Å²) in [6, 6.07) is 15.8. The standard InChI is InChI=1S/C14H11F2NO.C8H8N2O/c15-12-7-6-10(8-13(12)16)9-17-14(18)11-4-2-1-3-5-11;9-8(11)2-1-7-3-5-10-6-4-7/h1-8H,9H2,(H,17,18);1-6H,(H2,9,11)/b;2-1+. The van der Waals surface area contributed by atoms with Crippen LogP contribution in [0.25, 0.3) is 6.08 Å². The molecule has 1 aromatic heterocycles. The van der Waals surface area contributed by atoms with Crippen molar-refractivity contribution in [1.29, 1.82) is 0 Å². The van der Waals surface area contributed by atoms with Crippen LogP contribution in [0.5, 0.6) is 0 Å². The molecule has 148 valence electrons. The van der Waals surface area contributed by atoms with E-state index in [-0.39, 0.29) is 12.5 Å². The summed E-state index contributed by atoms with van der Waals surface area (Å²) in [5, 5.41) is 2.63. The van der Waals surface area contributed by atoms with Crippen molar-refractivity contribution in [2.75, 3.05) is 0 Å². The maximum absolute atomic E-state index is 12.9. The molecule has 0 saturated carbocycles. The first kappa shape index (κ1) is 21.4. The monoisotopic (exact) mass is 395 g/mol. The van der Waals surface area contributed by atoms with Crippen molar-refractivity contribution >= 4 is 17.9 Å². The first-order chi connectivity index (χ1) is 14.0. The van der Waals surface area contributed by atoms with Crippen molar-refractivity contribution in [3.05, 3.63) is 107 Å². The van der Waals surface area contributed by atoms with E-state index >= 15 is 0 Å². The second kappa shape index (κ2) is 11.1. The lowest BCUT2D eigenvalue weighted by Gasteiger charge is -2.05. The van der Waals surface area contributed by atoms with E-state index in [9.17, 15) is 18.4 Å². The van der Waals surface area contributed by atoms with E-state index in [0.29, 0.717) is 11.1 Å². The molecule has 3 aromatic rings. The van der Waals surface area contributed by atoms with Crippen molar-refractivity contribution in [3.63, 3.8) is 0 Å². The lowest BCUT2D eigenvalue weighted by atomic mass is 10.2. The summed E-state index contributed by atoms with van der Waals surface area (Å²) in [7, 11) is 0. The Kier molecular flexibility index (Phi) is 8.19. The molecule has 0 aliphatic heterocycles. The number of halogens is 2. The minimum Gasteiger partial charge on any atom is -0.366 e. The van der Waals surface area contributed by atoms with E-state index in [1.54, 1.807) is 54.9 Å². The lowest BCUT2D eigenvalue weighted by Crippen LogP contribution is -2.22. The molecule has 3 rings (SSSR count). The zero-order valence-corrected chi connectivity index (χ0v) is 15.4. The number of rotatable bonds is 5. The third-order valence-corrected chi connectivity index (χ3v) is 3.62. The SMILES string of the molecule is NC(=O)/C=C/c1ccncc1.O=C(NCc1ccc(F)c(F)c1)c1ccccc1. The van der Waals surface area contributed by atoms with Crippen LogP contribution in [0.15, 0.2) is 79.1 Å². The Hall–Kier alpha value is -3.87. The van der Waals surface area contributed by atoms with Gasteiger partial charge >= 0.3 is 0 Å². The van der Waals surface area contributed by atoms with Crippen molar-refractivity contribution in [3.8, 4) is 0 Å². The van der Waals surface area contributed by atoms with Gasteiger partial charge in [-0.2, -0.15) is 0 Å². The van der Waals surface area contributed by atoms with Crippen LogP contribution in [-0.2, 0) is 11.3 Å². The zero-order valence-electron chi connectivity index (χ0n) is 15.4. The van der Waals surface area contributed by atoms with Gasteiger partial charge in [-0.1, -0.05) is 24.3 Å². The lowest BCUT2D eigenvalue weighted by molar-refractivity contribution is -0.113. The van der Waals surface area contributed by atoms with Gasteiger partial charge in [-0.25, -0.2) is 8.78 Å². The molecular formula is C22H19F2N3O2. The number of hydrogen-bond acceptors (Lipinski definition) is 3. The van der Waals surface area contributed by atoms with E-state index < -0.39 is 17.5 Å². The van der Waals surface area contributed by atoms with Crippen LogP contribution in [0, 0.1) is 11.6 Å². The molecule has 1 heterocycles. The van der Waals surface area contributed by atoms with Gasteiger partial charge in [0.2, 0.25) is 5.91 Å². The van der Waals surface area contributed by atoms with Gasteiger partial charge in [-0.3, -0.25) is 14.6 Å². The number of carbonyl (C=O) groups is 2. The number of benzene rings is 2. The quantitative estimate of drug-likeness (QED) is 0.649. The summed E-state index contributed by atoms with van der Waals surface area (Å²) >= 11 is 0. The molecule has 0 spiro atoms. The Morgan fingerprint density at radius 1 is 0.966 bits per heavy atom. The summed E-state index contributed by atoms with van der Waals surface area (Å²) in [6.45, 7) is 0.158. The Bertz CT molecular complexity index is 978. The topological polar surface area (TPSA) is 85.1 Å². The van der Waals surface area contributed by atoms with E-state index in [4.69, 9.17) is 5.73 Å². The zero-order chi connectivity index (χ0) is 21.1. The van der Waals surface area contributed by atoms with Crippen LogP contribution in [0.2, 0.25) is 0 Å². The summed E-state index contributed by atoms with van der Waals surface area (Å²) in [5.74, 6) is -2.50. The highest BCUT2D eigenvalue weighted by Crippen LogP contribution is 2.08. The number of aromatic nitrogens is 1. The molecule has 3 N–H and O–H groups in total. The van der Waals surface area contributed by atoms with E-state index in [1.165, 1.54) is 12.1 Å². The predicted molar refractivity (Wildman–Crippen MR) is 106 cm³/mol. The molecule has 2 aromatic carbocycles. The third kappa shape index (κ3) is 7.72. The van der Waals surface area contributed by atoms with Gasteiger partial charge in [0.15, 0.2) is 11.6 Å². The first-order valence-electron chi connectivity index (χ1n) is 8.60. The molecule has 29 heavy (non-hydrogen) atoms. The Labute approximate surface area is 166 Å². The van der Waals surface area contributed by atoms with Crippen LogP contribution < -0.4 is 11.1 Å². The molecule has 0 aliphatic carbocycles. The molecule has 0 radical (unpaired) electrons. The largest absolute Gasteiger partial charge is 0.366 e. The minimum atomic E-state index is -0.915. The van der Waals surface area contributed by atoms with Gasteiger partial charge in [-0.05, 0) is 53.6 Å². The predicted octanol–water partition coefficient (Wildman–Crippen LogP) is 3.47. The van der Waals surface area contributed by atoms with Gasteiger partial charge < -0.3 is 11.1 Å². The van der Waals surface area contributed by atoms with Crippen LogP contribution in [0.4, 0.5) is 8.78 Å². The molecule has 5 nitrogen and oxygen atoms in total. The molecular weight excluding hydrogens is 376 g/mol. The second-order valence-corrected chi connectivity index (χ2v) is 5.81. The van der Waals surface area contributed by atoms with Gasteiger partial charge in [0, 0.05) is 30.6 Å². The molecule has 0 saturated heterocycles. The van der Waals surface area contributed by atoms with E-state index in [1.807, 2.05) is 6.07 Å². The Morgan fingerprint density at radius 2 is 1.66 bits per heavy atom. The number of nitrogens with zero attached hydrogens (tertiary/aromatic N) is 1. The van der Waals surface area contributed by atoms with Gasteiger partial charge in [0.25, 0.3) is 5.91 Å². The average molecular weight is 395 g/mol. The fourth-order valence-corrected chi connectivity index (χ4v) is 2.18. The molecule has 0 atom stereocenters. The molecule has 2 amide bonds. The van der Waals surface area contributed by atoms with Gasteiger partial charge in [0.1, 0.15) is 0 Å². The smallest absolute Gasteiger partial charge is 0.251 e. The number of carbonyl (C=O) groups excluding carboxylic acids is 2. The summed E-state index contributed by atoms with van der Waals surface area (Å²) in [6.07, 6.45) is 6.26. The number of nitrogens with one attached hydrogen (secondary N) is 1. The van der Waals surface area contributed by atoms with Crippen LogP contribution in [0.1, 0.15) is 21.5 Å². The third-order valence-electron chi connectivity index (χ3n) is 3.62. The fourth-order valence-electron chi connectivity index (χ4n) is 2.18. The fraction of sp³-hybridized carbons (Fsp3) is 0.0455. The van der Waals surface area contributed by atoms with Crippen LogP contribution in [0.3, 0.4) is 0 Å². The number of nitrogens with two attached hydrogens (primary N) is 1. The van der Waals surface area contributed by atoms with Crippen molar-refractivity contribution in [2.24, 2.45) is 5.73 Å². The van der Waals surface area contributed by atoms with Crippen molar-refractivity contribution < 1.29 is 18.4 Å². The number of primary amides is 1. The van der Waals surface area contributed by atoms with E-state index in [0.717, 1.165) is 17.7 Å². The minimum absolute atomic E-state index is 0.158. The number of amides is 2. The van der Waals surface area contributed by atoms with Crippen molar-refractivity contribution in [1.82, 2.24) is 10.3 Å². The van der Waals surface area contributed by atoms with E-state index in [2.05, 4.69) is 10.3 Å². The average Bonchev–Trinajstić information content (AvgIpc) is 2.75. The van der Waals surface area contributed by atoms with Crippen LogP contribution in [-0.4, -0.2) is 16.8 Å². The highest BCUT2D eigenvalue weighted by atomic mass is 19.2. The normalized spacial score (nSPS) is 10.1. The Balaban J connectivity index is 0.000000234. The van der Waals surface area contributed by atoms with Crippen molar-refractivity contribution in [2.45, 2.75) is 6.54 Å². The molecule has 0 aliphatic rings. The number of hydrogen-bond donors (Lipinski definition) is 2. The summed E-state index contributed by atoms with van der Waals surface area (Å²) < 4.78 is 25.6. The molecule has 0 bridgehead atoms. The molecule has 7 heteroatoms. The highest BCUT2D eigenvalue weighted by Gasteiger charge is 2.06. The van der Waals surface area contributed by atoms with Gasteiger partial charge in [-0.15, -0.1) is 0 Å². The molecule has 0 unspecified atom stereocenters. The summed E-state index contributed by atoms with van der Waals surface area (Å²) in [4.78, 5) is 25.8. The Morgan fingerprint density at radius 3 is 2.28 bits per heavy atom. The maximum Gasteiger partial charge on any atom is 0.251 e.